The van der Waals surface area contributed by atoms with Gasteiger partial charge in [-0.3, -0.25) is 0 Å². The lowest BCUT2D eigenvalue weighted by Crippen LogP contribution is -2.24. The molecule has 5 heteroatoms. The first-order chi connectivity index (χ1) is 20.2. The topological polar surface area (TPSA) is 36.7 Å². The van der Waals surface area contributed by atoms with Gasteiger partial charge in [-0.25, -0.2) is 9.99 Å². The van der Waals surface area contributed by atoms with Crippen LogP contribution < -0.4 is 9.91 Å². The van der Waals surface area contributed by atoms with E-state index in [1.807, 2.05) is 29.4 Å². The number of allylic oxidation sites excluding steroid dienone is 1. The number of aryl methyl sites for hydroxylation is 1. The summed E-state index contributed by atoms with van der Waals surface area (Å²) in [5.74, 6) is 0.858. The van der Waals surface area contributed by atoms with E-state index in [1.54, 1.807) is 0 Å². The number of hydrogen-bond acceptors (Lipinski definition) is 4. The lowest BCUT2D eigenvalue weighted by Gasteiger charge is -2.21. The van der Waals surface area contributed by atoms with Crippen LogP contribution in [-0.4, -0.2) is 34.4 Å². The summed E-state index contributed by atoms with van der Waals surface area (Å²) in [5, 5.41) is 9.63. The lowest BCUT2D eigenvalue weighted by atomic mass is 10.1. The predicted molar refractivity (Wildman–Crippen MR) is 176 cm³/mol. The standard InChI is InChI=1S/C36H37N5/c1-4-39(5-2)30-20-15-27(16-21-30)17-22-31-26-29(38-41(31)36-13-9-10-24-37-36)19-14-28-18-23-35-33(25-28)32-11-7-8-12-34(32)40(35)6-3/h7-25,31H,4-6,26H2,1-3H3. The maximum atomic E-state index is 4.99. The first kappa shape index (κ1) is 26.6. The van der Waals surface area contributed by atoms with Crippen LogP contribution in [0.3, 0.4) is 0 Å². The molecule has 0 bridgehead atoms. The van der Waals surface area contributed by atoms with E-state index >= 15 is 0 Å². The van der Waals surface area contributed by atoms with E-state index in [1.165, 1.54) is 38.6 Å². The molecule has 0 radical (unpaired) electrons. The summed E-state index contributed by atoms with van der Waals surface area (Å²) < 4.78 is 2.39. The fourth-order valence-corrected chi connectivity index (χ4v) is 5.83. The van der Waals surface area contributed by atoms with E-state index < -0.39 is 0 Å². The van der Waals surface area contributed by atoms with Crippen molar-refractivity contribution in [3.63, 3.8) is 0 Å². The van der Waals surface area contributed by atoms with Crippen molar-refractivity contribution in [2.45, 2.75) is 39.8 Å². The molecule has 0 saturated heterocycles. The third-order valence-electron chi connectivity index (χ3n) is 7.97. The molecule has 0 spiro atoms. The molecule has 0 saturated carbocycles. The van der Waals surface area contributed by atoms with Gasteiger partial charge in [0.15, 0.2) is 0 Å². The Hall–Kier alpha value is -4.64. The minimum absolute atomic E-state index is 0.0945. The zero-order valence-corrected chi connectivity index (χ0v) is 24.1. The highest BCUT2D eigenvalue weighted by Gasteiger charge is 2.25. The summed E-state index contributed by atoms with van der Waals surface area (Å²) in [6, 6.07) is 30.3. The van der Waals surface area contributed by atoms with E-state index in [0.29, 0.717) is 0 Å². The molecule has 0 fully saturated rings. The predicted octanol–water partition coefficient (Wildman–Crippen LogP) is 8.42. The molecule has 0 amide bonds. The average Bonchev–Trinajstić information content (AvgIpc) is 3.59. The van der Waals surface area contributed by atoms with E-state index in [2.05, 4.69) is 126 Å². The molecule has 1 aliphatic rings. The van der Waals surface area contributed by atoms with Gasteiger partial charge in [-0.15, -0.1) is 0 Å². The van der Waals surface area contributed by atoms with Crippen molar-refractivity contribution in [1.82, 2.24) is 9.55 Å². The van der Waals surface area contributed by atoms with Gasteiger partial charge < -0.3 is 9.47 Å². The summed E-state index contributed by atoms with van der Waals surface area (Å²) >= 11 is 0. The van der Waals surface area contributed by atoms with Crippen molar-refractivity contribution < 1.29 is 0 Å². The van der Waals surface area contributed by atoms with Crippen LogP contribution in [0.4, 0.5) is 11.5 Å². The van der Waals surface area contributed by atoms with E-state index in [4.69, 9.17) is 5.10 Å². The Labute approximate surface area is 242 Å². The number of fused-ring (bicyclic) bond motifs is 3. The second-order valence-electron chi connectivity index (χ2n) is 10.4. The van der Waals surface area contributed by atoms with Gasteiger partial charge in [-0.1, -0.05) is 60.7 Å². The van der Waals surface area contributed by atoms with Crippen molar-refractivity contribution in [3.05, 3.63) is 114 Å². The van der Waals surface area contributed by atoms with Crippen molar-refractivity contribution >= 4 is 51.2 Å². The van der Waals surface area contributed by atoms with Gasteiger partial charge in [0.2, 0.25) is 0 Å². The highest BCUT2D eigenvalue weighted by Crippen LogP contribution is 2.30. The van der Waals surface area contributed by atoms with Crippen LogP contribution in [0, 0.1) is 0 Å². The van der Waals surface area contributed by atoms with E-state index in [-0.39, 0.29) is 6.04 Å². The van der Waals surface area contributed by atoms with Crippen LogP contribution in [-0.2, 0) is 6.54 Å². The number of hydrogen-bond donors (Lipinski definition) is 0. The van der Waals surface area contributed by atoms with Crippen molar-refractivity contribution in [2.24, 2.45) is 5.10 Å². The largest absolute Gasteiger partial charge is 0.372 e. The second-order valence-corrected chi connectivity index (χ2v) is 10.4. The summed E-state index contributed by atoms with van der Waals surface area (Å²) in [6.07, 6.45) is 11.4. The van der Waals surface area contributed by atoms with Crippen molar-refractivity contribution in [1.29, 1.82) is 0 Å². The molecule has 5 aromatic rings. The minimum atomic E-state index is 0.0945. The number of aromatic nitrogens is 2. The molecular formula is C36H37N5. The number of para-hydroxylation sites is 1. The number of benzene rings is 3. The Kier molecular flexibility index (Phi) is 7.68. The Morgan fingerprint density at radius 3 is 2.29 bits per heavy atom. The van der Waals surface area contributed by atoms with Crippen LogP contribution in [0.1, 0.15) is 38.3 Å². The van der Waals surface area contributed by atoms with E-state index in [0.717, 1.165) is 37.6 Å². The zero-order valence-electron chi connectivity index (χ0n) is 24.1. The third-order valence-corrected chi connectivity index (χ3v) is 7.97. The zero-order chi connectivity index (χ0) is 28.2. The molecule has 1 unspecified atom stereocenters. The molecule has 206 valence electrons. The molecular weight excluding hydrogens is 502 g/mol. The molecule has 1 atom stereocenters. The highest BCUT2D eigenvalue weighted by atomic mass is 15.5. The Bertz CT molecular complexity index is 1720. The molecule has 2 aromatic heterocycles. The molecule has 3 aromatic carbocycles. The Balaban J connectivity index is 1.25. The number of anilines is 2. The fourth-order valence-electron chi connectivity index (χ4n) is 5.83. The van der Waals surface area contributed by atoms with Crippen LogP contribution in [0.15, 0.2) is 108 Å². The normalized spacial score (nSPS) is 15.5. The molecule has 6 rings (SSSR count). The lowest BCUT2D eigenvalue weighted by molar-refractivity contribution is 0.776. The summed E-state index contributed by atoms with van der Waals surface area (Å²) in [4.78, 5) is 6.96. The van der Waals surface area contributed by atoms with Gasteiger partial charge in [0.1, 0.15) is 5.82 Å². The van der Waals surface area contributed by atoms with Crippen LogP contribution >= 0.6 is 0 Å². The molecule has 0 N–H and O–H groups in total. The summed E-state index contributed by atoms with van der Waals surface area (Å²) in [7, 11) is 0. The van der Waals surface area contributed by atoms with Gasteiger partial charge in [0.25, 0.3) is 0 Å². The number of pyridine rings is 1. The molecule has 3 heterocycles. The number of nitrogens with zero attached hydrogens (tertiary/aromatic N) is 5. The Morgan fingerprint density at radius 2 is 1.54 bits per heavy atom. The van der Waals surface area contributed by atoms with Crippen molar-refractivity contribution in [3.8, 4) is 0 Å². The summed E-state index contributed by atoms with van der Waals surface area (Å²) in [6.45, 7) is 9.57. The van der Waals surface area contributed by atoms with Gasteiger partial charge in [-0.05, 0) is 80.4 Å². The quantitative estimate of drug-likeness (QED) is 0.189. The molecule has 41 heavy (non-hydrogen) atoms. The first-order valence-corrected chi connectivity index (χ1v) is 14.7. The van der Waals surface area contributed by atoms with Gasteiger partial charge in [0, 0.05) is 59.7 Å². The minimum Gasteiger partial charge on any atom is -0.372 e. The monoisotopic (exact) mass is 539 g/mol. The molecule has 5 nitrogen and oxygen atoms in total. The smallest absolute Gasteiger partial charge is 0.149 e. The Morgan fingerprint density at radius 1 is 0.780 bits per heavy atom. The number of rotatable bonds is 9. The average molecular weight is 540 g/mol. The maximum absolute atomic E-state index is 4.99. The fraction of sp³-hybridized carbons (Fsp3) is 0.222. The van der Waals surface area contributed by atoms with Crippen molar-refractivity contribution in [2.75, 3.05) is 23.0 Å². The maximum Gasteiger partial charge on any atom is 0.149 e. The van der Waals surface area contributed by atoms with Gasteiger partial charge in [-0.2, -0.15) is 5.10 Å². The van der Waals surface area contributed by atoms with Gasteiger partial charge in [0.05, 0.1) is 11.8 Å². The summed E-state index contributed by atoms with van der Waals surface area (Å²) in [5.41, 5.74) is 7.23. The van der Waals surface area contributed by atoms with Crippen LogP contribution in [0.2, 0.25) is 0 Å². The SMILES string of the molecule is CCN(CC)c1ccc(C=CC2CC(C=Cc3ccc4c(c3)c3ccccc3n4CC)=NN2c2ccccn2)cc1. The second kappa shape index (κ2) is 11.8. The van der Waals surface area contributed by atoms with Crippen LogP contribution in [0.25, 0.3) is 34.0 Å². The number of hydrazone groups is 1. The first-order valence-electron chi connectivity index (χ1n) is 14.7. The highest BCUT2D eigenvalue weighted by molar-refractivity contribution is 6.09. The van der Waals surface area contributed by atoms with Crippen LogP contribution in [0.5, 0.6) is 0 Å². The third kappa shape index (κ3) is 5.40. The molecule has 1 aliphatic heterocycles. The van der Waals surface area contributed by atoms with E-state index in [9.17, 15) is 0 Å². The molecule has 0 aliphatic carbocycles. The van der Waals surface area contributed by atoms with Gasteiger partial charge >= 0.3 is 0 Å².